The SMILES string of the molecule is CC(C)(C)C(=O)Oc1ccc2c(c1)Oc1cc(OC(=O)C(C)(C)C)ccc1C21OC(=O)c2cc(CO)ccc21. The fraction of sp³-hybridized carbons (Fsp3) is 0.323. The molecule has 5 rings (SSSR count). The summed E-state index contributed by atoms with van der Waals surface area (Å²) in [7, 11) is 0. The molecule has 8 heteroatoms. The second-order valence-electron chi connectivity index (χ2n) is 11.8. The van der Waals surface area contributed by atoms with Crippen LogP contribution in [0.25, 0.3) is 0 Å². The van der Waals surface area contributed by atoms with Gasteiger partial charge >= 0.3 is 17.9 Å². The molecule has 2 aliphatic rings. The normalized spacial score (nSPS) is 15.0. The maximum absolute atomic E-state index is 13.2. The van der Waals surface area contributed by atoms with Gasteiger partial charge in [-0.25, -0.2) is 4.79 Å². The summed E-state index contributed by atoms with van der Waals surface area (Å²) in [6.07, 6.45) is 0. The van der Waals surface area contributed by atoms with Gasteiger partial charge in [0, 0.05) is 28.8 Å². The zero-order valence-electron chi connectivity index (χ0n) is 22.7. The van der Waals surface area contributed by atoms with E-state index in [2.05, 4.69) is 0 Å². The minimum Gasteiger partial charge on any atom is -0.456 e. The maximum atomic E-state index is 13.2. The fourth-order valence-electron chi connectivity index (χ4n) is 4.48. The maximum Gasteiger partial charge on any atom is 0.340 e. The van der Waals surface area contributed by atoms with Crippen molar-refractivity contribution in [3.63, 3.8) is 0 Å². The van der Waals surface area contributed by atoms with Gasteiger partial charge < -0.3 is 24.1 Å². The van der Waals surface area contributed by atoms with Crippen molar-refractivity contribution in [3.05, 3.63) is 82.4 Å². The van der Waals surface area contributed by atoms with Gasteiger partial charge in [-0.05, 0) is 77.4 Å². The predicted molar refractivity (Wildman–Crippen MR) is 141 cm³/mol. The van der Waals surface area contributed by atoms with Crippen LogP contribution in [0.3, 0.4) is 0 Å². The molecule has 202 valence electrons. The molecule has 3 aromatic carbocycles. The Morgan fingerprint density at radius 3 is 1.72 bits per heavy atom. The lowest BCUT2D eigenvalue weighted by molar-refractivity contribution is -0.143. The van der Waals surface area contributed by atoms with E-state index in [0.717, 1.165) is 0 Å². The first kappa shape index (κ1) is 26.4. The summed E-state index contributed by atoms with van der Waals surface area (Å²) in [6.45, 7) is 10.3. The first-order valence-electron chi connectivity index (χ1n) is 12.6. The Morgan fingerprint density at radius 1 is 0.769 bits per heavy atom. The first-order valence-corrected chi connectivity index (χ1v) is 12.6. The molecule has 2 aliphatic heterocycles. The van der Waals surface area contributed by atoms with Gasteiger partial charge in [0.1, 0.15) is 23.0 Å². The average Bonchev–Trinajstić information content (AvgIpc) is 3.14. The van der Waals surface area contributed by atoms with Crippen LogP contribution in [0.5, 0.6) is 23.0 Å². The number of benzene rings is 3. The van der Waals surface area contributed by atoms with E-state index >= 15 is 0 Å². The molecular formula is C31H30O8. The molecule has 0 saturated carbocycles. The van der Waals surface area contributed by atoms with Gasteiger partial charge in [-0.3, -0.25) is 9.59 Å². The molecular weight excluding hydrogens is 500 g/mol. The Hall–Kier alpha value is -4.17. The molecule has 1 N–H and O–H groups in total. The Kier molecular flexibility index (Phi) is 6.07. The number of aliphatic hydroxyl groups is 1. The number of hydrogen-bond acceptors (Lipinski definition) is 8. The molecule has 1 spiro atoms. The summed E-state index contributed by atoms with van der Waals surface area (Å²) >= 11 is 0. The van der Waals surface area contributed by atoms with E-state index < -0.39 is 34.3 Å². The predicted octanol–water partition coefficient (Wildman–Crippen LogP) is 5.65. The lowest BCUT2D eigenvalue weighted by Crippen LogP contribution is -2.33. The summed E-state index contributed by atoms with van der Waals surface area (Å²) < 4.78 is 23.6. The van der Waals surface area contributed by atoms with Crippen molar-refractivity contribution in [1.29, 1.82) is 0 Å². The Balaban J connectivity index is 1.68. The zero-order chi connectivity index (χ0) is 28.3. The minimum atomic E-state index is -1.37. The zero-order valence-corrected chi connectivity index (χ0v) is 22.7. The van der Waals surface area contributed by atoms with E-state index in [1.54, 1.807) is 96.1 Å². The van der Waals surface area contributed by atoms with Crippen molar-refractivity contribution in [3.8, 4) is 23.0 Å². The highest BCUT2D eigenvalue weighted by Crippen LogP contribution is 2.57. The second-order valence-corrected chi connectivity index (χ2v) is 11.8. The lowest BCUT2D eigenvalue weighted by Gasteiger charge is -2.36. The average molecular weight is 531 g/mol. The molecule has 0 amide bonds. The third-order valence-electron chi connectivity index (χ3n) is 6.64. The highest BCUT2D eigenvalue weighted by Gasteiger charge is 2.53. The van der Waals surface area contributed by atoms with Crippen LogP contribution in [0.4, 0.5) is 0 Å². The number of fused-ring (bicyclic) bond motifs is 6. The summed E-state index contributed by atoms with van der Waals surface area (Å²) in [6, 6.07) is 14.9. The smallest absolute Gasteiger partial charge is 0.340 e. The van der Waals surface area contributed by atoms with Gasteiger partial charge in [0.05, 0.1) is 23.0 Å². The van der Waals surface area contributed by atoms with Crippen LogP contribution >= 0.6 is 0 Å². The van der Waals surface area contributed by atoms with Crippen molar-refractivity contribution in [2.24, 2.45) is 10.8 Å². The van der Waals surface area contributed by atoms with Crippen LogP contribution < -0.4 is 14.2 Å². The molecule has 8 nitrogen and oxygen atoms in total. The molecule has 0 unspecified atom stereocenters. The van der Waals surface area contributed by atoms with E-state index in [0.29, 0.717) is 39.3 Å². The van der Waals surface area contributed by atoms with Crippen molar-refractivity contribution in [1.82, 2.24) is 0 Å². The number of ether oxygens (including phenoxy) is 4. The molecule has 0 aliphatic carbocycles. The van der Waals surface area contributed by atoms with Gasteiger partial charge in [-0.1, -0.05) is 12.1 Å². The largest absolute Gasteiger partial charge is 0.456 e. The Labute approximate surface area is 226 Å². The monoisotopic (exact) mass is 530 g/mol. The van der Waals surface area contributed by atoms with E-state index in [4.69, 9.17) is 18.9 Å². The lowest BCUT2D eigenvalue weighted by atomic mass is 9.77. The van der Waals surface area contributed by atoms with Crippen LogP contribution in [-0.2, 0) is 26.5 Å². The van der Waals surface area contributed by atoms with Crippen molar-refractivity contribution < 1.29 is 38.4 Å². The standard InChI is InChI=1S/C31H30O8/c1-29(2,3)27(34)36-18-8-11-22-24(14-18)38-25-15-19(37-28(35)30(4,5)6)9-12-23(25)31(22)21-10-7-17(16-32)13-20(21)26(33)39-31/h7-15,32H,16H2,1-6H3. The summed E-state index contributed by atoms with van der Waals surface area (Å²) in [5.74, 6) is -0.227. The summed E-state index contributed by atoms with van der Waals surface area (Å²) in [5, 5.41) is 9.64. The molecule has 0 aromatic heterocycles. The number of aliphatic hydroxyl groups excluding tert-OH is 1. The first-order chi connectivity index (χ1) is 18.2. The van der Waals surface area contributed by atoms with Gasteiger partial charge in [-0.2, -0.15) is 0 Å². The van der Waals surface area contributed by atoms with Gasteiger partial charge in [0.25, 0.3) is 0 Å². The van der Waals surface area contributed by atoms with Crippen LogP contribution in [0.1, 0.15) is 74.2 Å². The van der Waals surface area contributed by atoms with Crippen LogP contribution in [0.2, 0.25) is 0 Å². The Morgan fingerprint density at radius 2 is 1.26 bits per heavy atom. The summed E-state index contributed by atoms with van der Waals surface area (Å²) in [4.78, 5) is 38.3. The third-order valence-corrected chi connectivity index (χ3v) is 6.64. The number of esters is 3. The number of rotatable bonds is 3. The highest BCUT2D eigenvalue weighted by molar-refractivity contribution is 5.97. The van der Waals surface area contributed by atoms with Gasteiger partial charge in [-0.15, -0.1) is 0 Å². The van der Waals surface area contributed by atoms with E-state index in [9.17, 15) is 19.5 Å². The van der Waals surface area contributed by atoms with E-state index in [1.165, 1.54) is 0 Å². The van der Waals surface area contributed by atoms with Gasteiger partial charge in [0.2, 0.25) is 0 Å². The van der Waals surface area contributed by atoms with Gasteiger partial charge in [0.15, 0.2) is 5.60 Å². The summed E-state index contributed by atoms with van der Waals surface area (Å²) in [5.41, 5.74) is -0.266. The topological polar surface area (TPSA) is 108 Å². The molecule has 0 bridgehead atoms. The van der Waals surface area contributed by atoms with Crippen LogP contribution in [0, 0.1) is 10.8 Å². The fourth-order valence-corrected chi connectivity index (χ4v) is 4.48. The molecule has 0 atom stereocenters. The van der Waals surface area contributed by atoms with Crippen LogP contribution in [-0.4, -0.2) is 23.0 Å². The van der Waals surface area contributed by atoms with Crippen molar-refractivity contribution in [2.75, 3.05) is 0 Å². The number of hydrogen-bond donors (Lipinski definition) is 1. The highest BCUT2D eigenvalue weighted by atomic mass is 16.6. The molecule has 0 radical (unpaired) electrons. The second kappa shape index (κ2) is 8.95. The minimum absolute atomic E-state index is 0.227. The molecule has 3 aromatic rings. The number of carbonyl (C=O) groups is 3. The van der Waals surface area contributed by atoms with Crippen molar-refractivity contribution >= 4 is 17.9 Å². The van der Waals surface area contributed by atoms with Crippen molar-refractivity contribution in [2.45, 2.75) is 53.8 Å². The third kappa shape index (κ3) is 4.44. The van der Waals surface area contributed by atoms with E-state index in [-0.39, 0.29) is 18.1 Å². The number of carbonyl (C=O) groups excluding carboxylic acids is 3. The molecule has 2 heterocycles. The Bertz CT molecular complexity index is 1440. The molecule has 0 saturated heterocycles. The molecule has 0 fully saturated rings. The van der Waals surface area contributed by atoms with Crippen LogP contribution in [0.15, 0.2) is 54.6 Å². The molecule has 39 heavy (non-hydrogen) atoms. The van der Waals surface area contributed by atoms with E-state index in [1.807, 2.05) is 0 Å². The quantitative estimate of drug-likeness (QED) is 0.342.